The molecule has 1 N–H and O–H groups in total. The van der Waals surface area contributed by atoms with Crippen LogP contribution in [0.5, 0.6) is 0 Å². The van der Waals surface area contributed by atoms with Gasteiger partial charge in [0.25, 0.3) is 0 Å². The van der Waals surface area contributed by atoms with Gasteiger partial charge in [0, 0.05) is 17.9 Å². The monoisotopic (exact) mass is 217 g/mol. The molecule has 1 aliphatic carbocycles. The van der Waals surface area contributed by atoms with E-state index >= 15 is 0 Å². The summed E-state index contributed by atoms with van der Waals surface area (Å²) in [6.07, 6.45) is 14.2. The van der Waals surface area contributed by atoms with Crippen molar-refractivity contribution in [2.45, 2.75) is 26.3 Å². The Morgan fingerprint density at radius 2 is 2.00 bits per heavy atom. The van der Waals surface area contributed by atoms with Gasteiger partial charge >= 0.3 is 0 Å². The Labute approximate surface area is 99.6 Å². The van der Waals surface area contributed by atoms with E-state index in [4.69, 9.17) is 0 Å². The lowest BCUT2D eigenvalue weighted by molar-refractivity contribution is 0.595. The van der Waals surface area contributed by atoms with E-state index in [0.29, 0.717) is 17.9 Å². The minimum absolute atomic E-state index is 0.449. The quantitative estimate of drug-likeness (QED) is 0.695. The van der Waals surface area contributed by atoms with Crippen molar-refractivity contribution in [3.8, 4) is 0 Å². The van der Waals surface area contributed by atoms with E-state index in [0.717, 1.165) is 6.42 Å². The summed E-state index contributed by atoms with van der Waals surface area (Å²) in [5.74, 6) is 0.927. The molecule has 0 saturated heterocycles. The number of hydrogen-bond acceptors (Lipinski definition) is 1. The molecule has 1 rings (SSSR count). The molecule has 0 aliphatic heterocycles. The highest BCUT2D eigenvalue weighted by Crippen LogP contribution is 2.24. The van der Waals surface area contributed by atoms with Crippen LogP contribution in [0.2, 0.25) is 0 Å². The molecule has 16 heavy (non-hydrogen) atoms. The van der Waals surface area contributed by atoms with Gasteiger partial charge in [-0.1, -0.05) is 42.0 Å². The van der Waals surface area contributed by atoms with Crippen molar-refractivity contribution in [3.05, 3.63) is 48.6 Å². The van der Waals surface area contributed by atoms with Crippen LogP contribution in [0.25, 0.3) is 0 Å². The van der Waals surface area contributed by atoms with Gasteiger partial charge in [-0.15, -0.1) is 6.58 Å². The average molecular weight is 217 g/mol. The molecule has 0 bridgehead atoms. The minimum Gasteiger partial charge on any atom is -0.317 e. The van der Waals surface area contributed by atoms with Crippen LogP contribution in [-0.4, -0.2) is 13.1 Å². The summed E-state index contributed by atoms with van der Waals surface area (Å²) in [5, 5.41) is 3.27. The second-order valence-electron chi connectivity index (χ2n) is 4.57. The van der Waals surface area contributed by atoms with Crippen LogP contribution in [0.1, 0.15) is 20.3 Å². The fourth-order valence-corrected chi connectivity index (χ4v) is 2.03. The summed E-state index contributed by atoms with van der Waals surface area (Å²) >= 11 is 0. The maximum absolute atomic E-state index is 3.89. The fourth-order valence-electron chi connectivity index (χ4n) is 2.03. The summed E-state index contributed by atoms with van der Waals surface area (Å²) in [6.45, 7) is 8.31. The molecular weight excluding hydrogens is 194 g/mol. The zero-order valence-electron chi connectivity index (χ0n) is 10.6. The van der Waals surface area contributed by atoms with E-state index in [2.05, 4.69) is 56.1 Å². The van der Waals surface area contributed by atoms with Gasteiger partial charge in [-0.3, -0.25) is 0 Å². The first-order valence-corrected chi connectivity index (χ1v) is 5.99. The lowest BCUT2D eigenvalue weighted by atomic mass is 9.86. The smallest absolute Gasteiger partial charge is 0.00728 e. The van der Waals surface area contributed by atoms with Crippen LogP contribution in [-0.2, 0) is 0 Å². The van der Waals surface area contributed by atoms with Gasteiger partial charge in [-0.25, -0.2) is 0 Å². The van der Waals surface area contributed by atoms with Gasteiger partial charge in [-0.05, 0) is 27.3 Å². The van der Waals surface area contributed by atoms with E-state index in [1.54, 1.807) is 0 Å². The normalized spacial score (nSPS) is 26.8. The Hall–Kier alpha value is -1.08. The summed E-state index contributed by atoms with van der Waals surface area (Å²) in [6, 6.07) is 0.543. The molecule has 0 aromatic carbocycles. The molecule has 0 fully saturated rings. The van der Waals surface area contributed by atoms with Crippen molar-refractivity contribution < 1.29 is 0 Å². The number of allylic oxidation sites excluding steroid dienone is 6. The lowest BCUT2D eigenvalue weighted by Crippen LogP contribution is -2.21. The highest BCUT2D eigenvalue weighted by atomic mass is 14.8. The topological polar surface area (TPSA) is 12.0 Å². The first-order chi connectivity index (χ1) is 7.67. The van der Waals surface area contributed by atoms with Crippen molar-refractivity contribution in [3.63, 3.8) is 0 Å². The largest absolute Gasteiger partial charge is 0.317 e. The molecule has 2 unspecified atom stereocenters. The van der Waals surface area contributed by atoms with Crippen LogP contribution in [0, 0.1) is 11.8 Å². The van der Waals surface area contributed by atoms with Gasteiger partial charge in [0.05, 0.1) is 0 Å². The van der Waals surface area contributed by atoms with Gasteiger partial charge in [0.1, 0.15) is 0 Å². The highest BCUT2D eigenvalue weighted by molar-refractivity contribution is 5.23. The highest BCUT2D eigenvalue weighted by Gasteiger charge is 2.13. The van der Waals surface area contributed by atoms with Crippen molar-refractivity contribution in [1.82, 2.24) is 5.32 Å². The SMILES string of the molecule is C=CC1C=CC=CC1/C=C(\C)C[C@@H](C)NC. The maximum Gasteiger partial charge on any atom is 0.00728 e. The van der Waals surface area contributed by atoms with Crippen LogP contribution < -0.4 is 5.32 Å². The van der Waals surface area contributed by atoms with Crippen LogP contribution in [0.15, 0.2) is 48.6 Å². The van der Waals surface area contributed by atoms with E-state index in [1.165, 1.54) is 5.57 Å². The summed E-state index contributed by atoms with van der Waals surface area (Å²) in [5.41, 5.74) is 1.44. The zero-order chi connectivity index (χ0) is 12.0. The van der Waals surface area contributed by atoms with Gasteiger partial charge < -0.3 is 5.32 Å². The molecule has 0 heterocycles. The third-order valence-electron chi connectivity index (χ3n) is 3.09. The Bertz CT molecular complexity index is 309. The molecular formula is C15H23N. The van der Waals surface area contributed by atoms with Crippen LogP contribution in [0.4, 0.5) is 0 Å². The van der Waals surface area contributed by atoms with Crippen LogP contribution in [0.3, 0.4) is 0 Å². The van der Waals surface area contributed by atoms with Crippen molar-refractivity contribution >= 4 is 0 Å². The van der Waals surface area contributed by atoms with Crippen molar-refractivity contribution in [2.75, 3.05) is 7.05 Å². The minimum atomic E-state index is 0.449. The lowest BCUT2D eigenvalue weighted by Gasteiger charge is -2.19. The second kappa shape index (κ2) is 6.49. The maximum atomic E-state index is 3.89. The van der Waals surface area contributed by atoms with Crippen molar-refractivity contribution in [2.24, 2.45) is 11.8 Å². The first kappa shape index (κ1) is 13.0. The molecule has 0 saturated carbocycles. The Morgan fingerprint density at radius 1 is 1.38 bits per heavy atom. The molecule has 1 aliphatic rings. The number of nitrogens with one attached hydrogen (secondary N) is 1. The Balaban J connectivity index is 2.63. The van der Waals surface area contributed by atoms with E-state index in [-0.39, 0.29) is 0 Å². The number of hydrogen-bond donors (Lipinski definition) is 1. The van der Waals surface area contributed by atoms with Gasteiger partial charge in [0.15, 0.2) is 0 Å². The fraction of sp³-hybridized carbons (Fsp3) is 0.467. The third kappa shape index (κ3) is 3.82. The van der Waals surface area contributed by atoms with Gasteiger partial charge in [-0.2, -0.15) is 0 Å². The molecule has 88 valence electrons. The Kier molecular flexibility index (Phi) is 5.27. The summed E-state index contributed by atoms with van der Waals surface area (Å²) in [7, 11) is 2.01. The predicted molar refractivity (Wildman–Crippen MR) is 72.4 cm³/mol. The molecule has 0 aromatic rings. The predicted octanol–water partition coefficient (Wildman–Crippen LogP) is 3.48. The second-order valence-corrected chi connectivity index (χ2v) is 4.57. The first-order valence-electron chi connectivity index (χ1n) is 5.99. The molecule has 1 heteroatoms. The average Bonchev–Trinajstić information content (AvgIpc) is 2.29. The zero-order valence-corrected chi connectivity index (χ0v) is 10.6. The summed E-state index contributed by atoms with van der Waals surface area (Å²) < 4.78 is 0. The molecule has 1 nitrogen and oxygen atoms in total. The van der Waals surface area contributed by atoms with E-state index < -0.39 is 0 Å². The molecule has 0 spiro atoms. The summed E-state index contributed by atoms with van der Waals surface area (Å²) in [4.78, 5) is 0. The van der Waals surface area contributed by atoms with Crippen LogP contribution >= 0.6 is 0 Å². The van der Waals surface area contributed by atoms with E-state index in [9.17, 15) is 0 Å². The van der Waals surface area contributed by atoms with Gasteiger partial charge in [0.2, 0.25) is 0 Å². The van der Waals surface area contributed by atoms with E-state index in [1.807, 2.05) is 13.1 Å². The molecule has 0 amide bonds. The number of rotatable bonds is 5. The molecule has 0 aromatic heterocycles. The molecule has 0 radical (unpaired) electrons. The standard InChI is InChI=1S/C15H23N/c1-5-14-8-6-7-9-15(14)11-12(2)10-13(3)16-4/h5-9,11,13-16H,1,10H2,2-4H3/b12-11+/t13-,14?,15?/m1/s1. The Morgan fingerprint density at radius 3 is 2.56 bits per heavy atom. The molecule has 3 atom stereocenters. The third-order valence-corrected chi connectivity index (χ3v) is 3.09. The van der Waals surface area contributed by atoms with Crippen molar-refractivity contribution in [1.29, 1.82) is 0 Å².